The van der Waals surface area contributed by atoms with Gasteiger partial charge in [-0.25, -0.2) is 14.3 Å². The summed E-state index contributed by atoms with van der Waals surface area (Å²) in [4.78, 5) is 14.6. The van der Waals surface area contributed by atoms with E-state index in [1.807, 2.05) is 4.68 Å². The van der Waals surface area contributed by atoms with Crippen LogP contribution in [0.15, 0.2) is 12.5 Å². The lowest BCUT2D eigenvalue weighted by Gasteiger charge is -2.03. The lowest BCUT2D eigenvalue weighted by atomic mass is 10.4. The Morgan fingerprint density at radius 2 is 2.38 bits per heavy atom. The van der Waals surface area contributed by atoms with E-state index in [4.69, 9.17) is 0 Å². The molecule has 0 aliphatic heterocycles. The second kappa shape index (κ2) is 4.65. The first-order valence-electron chi connectivity index (χ1n) is 5.05. The summed E-state index contributed by atoms with van der Waals surface area (Å²) in [6.45, 7) is 3.37. The number of hydrogen-bond acceptors (Lipinski definition) is 5. The van der Waals surface area contributed by atoms with Gasteiger partial charge >= 0.3 is 0 Å². The Morgan fingerprint density at radius 3 is 3.06 bits per heavy atom. The van der Waals surface area contributed by atoms with Gasteiger partial charge in [-0.2, -0.15) is 5.10 Å². The highest BCUT2D eigenvalue weighted by Crippen LogP contribution is 1.99. The lowest BCUT2D eigenvalue weighted by Crippen LogP contribution is -2.10. The van der Waals surface area contributed by atoms with Gasteiger partial charge in [0.15, 0.2) is 6.29 Å². The third-order valence-corrected chi connectivity index (χ3v) is 2.11. The summed E-state index contributed by atoms with van der Waals surface area (Å²) in [5.41, 5.74) is 0.321. The molecule has 2 rings (SSSR count). The summed E-state index contributed by atoms with van der Waals surface area (Å²) in [7, 11) is 0. The van der Waals surface area contributed by atoms with Crippen molar-refractivity contribution in [3.8, 4) is 0 Å². The van der Waals surface area contributed by atoms with E-state index in [2.05, 4.69) is 27.3 Å². The van der Waals surface area contributed by atoms with Crippen molar-refractivity contribution in [1.82, 2.24) is 29.8 Å². The quantitative estimate of drug-likeness (QED) is 0.670. The second-order valence-corrected chi connectivity index (χ2v) is 3.36. The number of carbonyl (C=O) groups is 1. The van der Waals surface area contributed by atoms with Crippen LogP contribution in [0.3, 0.4) is 0 Å². The highest BCUT2D eigenvalue weighted by Gasteiger charge is 2.06. The van der Waals surface area contributed by atoms with Crippen LogP contribution in [0, 0.1) is 0 Å². The van der Waals surface area contributed by atoms with Gasteiger partial charge in [0, 0.05) is 6.54 Å². The van der Waals surface area contributed by atoms with Gasteiger partial charge < -0.3 is 0 Å². The fourth-order valence-electron chi connectivity index (χ4n) is 1.40. The van der Waals surface area contributed by atoms with Crippen molar-refractivity contribution in [3.05, 3.63) is 24.0 Å². The number of hydrogen-bond donors (Lipinski definition) is 0. The van der Waals surface area contributed by atoms with Crippen LogP contribution in [0.1, 0.15) is 29.7 Å². The van der Waals surface area contributed by atoms with E-state index in [9.17, 15) is 4.79 Å². The maximum atomic E-state index is 10.4. The van der Waals surface area contributed by atoms with E-state index in [-0.39, 0.29) is 0 Å². The molecule has 16 heavy (non-hydrogen) atoms. The average molecular weight is 220 g/mol. The highest BCUT2D eigenvalue weighted by atomic mass is 16.1. The number of aldehydes is 1. The Kier molecular flexibility index (Phi) is 3.04. The normalized spacial score (nSPS) is 10.6. The van der Waals surface area contributed by atoms with Crippen molar-refractivity contribution < 1.29 is 4.79 Å². The van der Waals surface area contributed by atoms with Gasteiger partial charge in [-0.1, -0.05) is 12.1 Å². The molecule has 0 unspecified atom stereocenters. The highest BCUT2D eigenvalue weighted by molar-refractivity contribution is 5.70. The fourth-order valence-corrected chi connectivity index (χ4v) is 1.40. The minimum absolute atomic E-state index is 0.321. The van der Waals surface area contributed by atoms with E-state index in [0.717, 1.165) is 18.8 Å². The van der Waals surface area contributed by atoms with Gasteiger partial charge in [0.05, 0.1) is 6.20 Å². The van der Waals surface area contributed by atoms with Crippen molar-refractivity contribution in [2.45, 2.75) is 26.4 Å². The summed E-state index contributed by atoms with van der Waals surface area (Å²) in [5.74, 6) is 0.809. The molecule has 0 fully saturated rings. The van der Waals surface area contributed by atoms with Crippen LogP contribution in [0.25, 0.3) is 0 Å². The topological polar surface area (TPSA) is 78.5 Å². The maximum absolute atomic E-state index is 10.4. The van der Waals surface area contributed by atoms with Gasteiger partial charge in [-0.3, -0.25) is 4.79 Å². The van der Waals surface area contributed by atoms with Gasteiger partial charge in [0.1, 0.15) is 24.4 Å². The number of carbonyl (C=O) groups excluding carboxylic acids is 1. The van der Waals surface area contributed by atoms with Crippen LogP contribution in [-0.4, -0.2) is 36.0 Å². The molecule has 0 spiro atoms. The molecule has 0 aliphatic carbocycles. The Balaban J connectivity index is 2.13. The molecule has 0 radical (unpaired) electrons. The molecule has 0 N–H and O–H groups in total. The first kappa shape index (κ1) is 10.5. The predicted octanol–water partition coefficient (Wildman–Crippen LogP) is 0.140. The molecule has 2 heterocycles. The molecule has 2 aromatic rings. The molecule has 0 saturated heterocycles. The largest absolute Gasteiger partial charge is 0.296 e. The number of aromatic nitrogens is 6. The summed E-state index contributed by atoms with van der Waals surface area (Å²) < 4.78 is 3.39. The molecule has 84 valence electrons. The third kappa shape index (κ3) is 2.13. The van der Waals surface area contributed by atoms with Crippen molar-refractivity contribution in [1.29, 1.82) is 0 Å². The van der Waals surface area contributed by atoms with Crippen LogP contribution in [0.2, 0.25) is 0 Å². The van der Waals surface area contributed by atoms with E-state index >= 15 is 0 Å². The standard InChI is InChI=1S/C9H12N6O/c1-2-3-15-9(10-7-11-15)5-14-4-8(6-16)12-13-14/h4,6-7H,2-3,5H2,1H3. The molecule has 0 saturated carbocycles. The van der Waals surface area contributed by atoms with Gasteiger partial charge in [-0.15, -0.1) is 5.10 Å². The van der Waals surface area contributed by atoms with E-state index in [0.29, 0.717) is 18.5 Å². The summed E-state index contributed by atoms with van der Waals surface area (Å²) >= 11 is 0. The van der Waals surface area contributed by atoms with Crippen LogP contribution in [-0.2, 0) is 13.1 Å². The maximum Gasteiger partial charge on any atom is 0.171 e. The monoisotopic (exact) mass is 220 g/mol. The molecule has 0 bridgehead atoms. The summed E-state index contributed by atoms with van der Waals surface area (Å²) in [6, 6.07) is 0. The van der Waals surface area contributed by atoms with Crippen LogP contribution in [0.5, 0.6) is 0 Å². The van der Waals surface area contributed by atoms with E-state index < -0.39 is 0 Å². The molecular weight excluding hydrogens is 208 g/mol. The molecule has 0 atom stereocenters. The second-order valence-electron chi connectivity index (χ2n) is 3.36. The Labute approximate surface area is 92.1 Å². The molecule has 0 amide bonds. The van der Waals surface area contributed by atoms with Crippen molar-refractivity contribution in [2.75, 3.05) is 0 Å². The third-order valence-electron chi connectivity index (χ3n) is 2.11. The van der Waals surface area contributed by atoms with Crippen molar-refractivity contribution in [3.63, 3.8) is 0 Å². The Morgan fingerprint density at radius 1 is 1.50 bits per heavy atom. The number of aryl methyl sites for hydroxylation is 1. The number of nitrogens with zero attached hydrogens (tertiary/aromatic N) is 6. The SMILES string of the molecule is CCCn1ncnc1Cn1cc(C=O)nn1. The lowest BCUT2D eigenvalue weighted by molar-refractivity contribution is 0.111. The number of rotatable bonds is 5. The fraction of sp³-hybridized carbons (Fsp3) is 0.444. The first-order valence-corrected chi connectivity index (χ1v) is 5.05. The molecule has 7 heteroatoms. The Bertz CT molecular complexity index is 474. The Hall–Kier alpha value is -2.05. The smallest absolute Gasteiger partial charge is 0.171 e. The van der Waals surface area contributed by atoms with E-state index in [1.165, 1.54) is 6.33 Å². The van der Waals surface area contributed by atoms with Gasteiger partial charge in [-0.05, 0) is 6.42 Å². The zero-order valence-electron chi connectivity index (χ0n) is 8.94. The molecule has 2 aromatic heterocycles. The zero-order valence-corrected chi connectivity index (χ0v) is 8.94. The van der Waals surface area contributed by atoms with Crippen LogP contribution >= 0.6 is 0 Å². The van der Waals surface area contributed by atoms with Gasteiger partial charge in [0.2, 0.25) is 0 Å². The molecule has 0 aliphatic rings. The van der Waals surface area contributed by atoms with E-state index in [1.54, 1.807) is 10.9 Å². The van der Waals surface area contributed by atoms with Crippen molar-refractivity contribution >= 4 is 6.29 Å². The van der Waals surface area contributed by atoms with Gasteiger partial charge in [0.25, 0.3) is 0 Å². The molecule has 0 aromatic carbocycles. The van der Waals surface area contributed by atoms with Crippen LogP contribution in [0.4, 0.5) is 0 Å². The summed E-state index contributed by atoms with van der Waals surface area (Å²) in [6.07, 6.45) is 4.76. The minimum atomic E-state index is 0.321. The predicted molar refractivity (Wildman–Crippen MR) is 54.8 cm³/mol. The molecular formula is C9H12N6O. The van der Waals surface area contributed by atoms with Crippen LogP contribution < -0.4 is 0 Å². The molecule has 7 nitrogen and oxygen atoms in total. The zero-order chi connectivity index (χ0) is 11.4. The first-order chi connectivity index (χ1) is 7.83. The van der Waals surface area contributed by atoms with Crippen molar-refractivity contribution in [2.24, 2.45) is 0 Å². The minimum Gasteiger partial charge on any atom is -0.296 e. The summed E-state index contributed by atoms with van der Waals surface area (Å²) in [5, 5.41) is 11.6. The average Bonchev–Trinajstić information content (AvgIpc) is 2.90.